The number of hydrogen-bond donors (Lipinski definition) is 0. The molecule has 3 aliphatic heterocycles. The van der Waals surface area contributed by atoms with Crippen molar-refractivity contribution in [1.29, 1.82) is 0 Å². The van der Waals surface area contributed by atoms with E-state index in [9.17, 15) is 14.4 Å². The van der Waals surface area contributed by atoms with Gasteiger partial charge in [0.25, 0.3) is 0 Å². The number of carbonyl (C=O) groups is 3. The first-order valence-corrected chi connectivity index (χ1v) is 7.36. The van der Waals surface area contributed by atoms with Gasteiger partial charge in [0.05, 0.1) is 6.04 Å². The van der Waals surface area contributed by atoms with E-state index in [4.69, 9.17) is 0 Å². The third kappa shape index (κ3) is 2.44. The molecule has 0 aliphatic carbocycles. The minimum atomic E-state index is -0.0114. The fourth-order valence-electron chi connectivity index (χ4n) is 3.47. The second-order valence-electron chi connectivity index (χ2n) is 6.21. The average molecular weight is 279 g/mol. The van der Waals surface area contributed by atoms with E-state index >= 15 is 0 Å². The molecule has 110 valence electrons. The lowest BCUT2D eigenvalue weighted by Crippen LogP contribution is -2.62. The minimum Gasteiger partial charge on any atom is -0.345 e. The summed E-state index contributed by atoms with van der Waals surface area (Å²) >= 11 is 0. The Morgan fingerprint density at radius 1 is 0.950 bits per heavy atom. The summed E-state index contributed by atoms with van der Waals surface area (Å²) < 4.78 is 0. The lowest BCUT2D eigenvalue weighted by atomic mass is 9.95. The zero-order valence-electron chi connectivity index (χ0n) is 11.9. The quantitative estimate of drug-likeness (QED) is 0.665. The Kier molecular flexibility index (Phi) is 3.50. The van der Waals surface area contributed by atoms with E-state index in [2.05, 4.69) is 4.90 Å². The summed E-state index contributed by atoms with van der Waals surface area (Å²) in [5.74, 6) is 0.727. The van der Waals surface area contributed by atoms with Crippen molar-refractivity contribution in [2.75, 3.05) is 33.2 Å². The normalized spacial score (nSPS) is 29.2. The Morgan fingerprint density at radius 2 is 1.60 bits per heavy atom. The number of hydrogen-bond acceptors (Lipinski definition) is 4. The molecule has 0 bridgehead atoms. The van der Waals surface area contributed by atoms with Crippen LogP contribution < -0.4 is 0 Å². The minimum absolute atomic E-state index is 0.0114. The summed E-state index contributed by atoms with van der Waals surface area (Å²) in [4.78, 5) is 40.3. The SMILES string of the molecule is CN1CC(CN2CC(N3C(=O)CCC3=O)C2)CCC1=O. The van der Waals surface area contributed by atoms with Crippen LogP contribution in [-0.2, 0) is 14.4 Å². The zero-order valence-corrected chi connectivity index (χ0v) is 11.9. The molecule has 3 heterocycles. The van der Waals surface area contributed by atoms with E-state index in [0.717, 1.165) is 32.6 Å². The molecule has 1 unspecified atom stereocenters. The summed E-state index contributed by atoms with van der Waals surface area (Å²) in [5.41, 5.74) is 0. The molecule has 3 saturated heterocycles. The molecule has 1 atom stereocenters. The van der Waals surface area contributed by atoms with Gasteiger partial charge in [0.1, 0.15) is 0 Å². The standard InChI is InChI=1S/C14H21N3O3/c1-15-6-10(2-3-12(15)18)7-16-8-11(9-16)17-13(19)4-5-14(17)20/h10-11H,2-9H2,1H3. The van der Waals surface area contributed by atoms with Gasteiger partial charge in [0, 0.05) is 52.5 Å². The monoisotopic (exact) mass is 279 g/mol. The molecule has 0 saturated carbocycles. The van der Waals surface area contributed by atoms with Crippen LogP contribution in [0.2, 0.25) is 0 Å². The molecule has 0 radical (unpaired) electrons. The van der Waals surface area contributed by atoms with E-state index in [-0.39, 0.29) is 23.8 Å². The van der Waals surface area contributed by atoms with Crippen molar-refractivity contribution < 1.29 is 14.4 Å². The molecule has 0 N–H and O–H groups in total. The smallest absolute Gasteiger partial charge is 0.230 e. The summed E-state index contributed by atoms with van der Waals surface area (Å²) in [7, 11) is 1.86. The lowest BCUT2D eigenvalue weighted by Gasteiger charge is -2.45. The van der Waals surface area contributed by atoms with Crippen LogP contribution in [0.15, 0.2) is 0 Å². The summed E-state index contributed by atoms with van der Waals surface area (Å²) in [6.07, 6.45) is 2.35. The van der Waals surface area contributed by atoms with Crippen molar-refractivity contribution >= 4 is 17.7 Å². The number of nitrogens with zero attached hydrogens (tertiary/aromatic N) is 3. The Bertz CT molecular complexity index is 429. The van der Waals surface area contributed by atoms with Crippen LogP contribution in [0.3, 0.4) is 0 Å². The fourth-order valence-corrected chi connectivity index (χ4v) is 3.47. The predicted molar refractivity (Wildman–Crippen MR) is 71.7 cm³/mol. The topological polar surface area (TPSA) is 60.9 Å². The van der Waals surface area contributed by atoms with Crippen LogP contribution in [0.5, 0.6) is 0 Å². The molecular formula is C14H21N3O3. The maximum atomic E-state index is 11.6. The molecule has 3 rings (SSSR count). The van der Waals surface area contributed by atoms with Crippen LogP contribution in [0, 0.1) is 5.92 Å². The molecule has 6 nitrogen and oxygen atoms in total. The second-order valence-corrected chi connectivity index (χ2v) is 6.21. The molecule has 3 fully saturated rings. The van der Waals surface area contributed by atoms with E-state index in [1.807, 2.05) is 7.05 Å². The van der Waals surface area contributed by atoms with Crippen molar-refractivity contribution in [2.45, 2.75) is 31.7 Å². The lowest BCUT2D eigenvalue weighted by molar-refractivity contribution is -0.146. The Hall–Kier alpha value is -1.43. The average Bonchev–Trinajstić information content (AvgIpc) is 2.68. The van der Waals surface area contributed by atoms with Gasteiger partial charge in [-0.1, -0.05) is 0 Å². The Balaban J connectivity index is 1.46. The third-order valence-corrected chi connectivity index (χ3v) is 4.63. The highest BCUT2D eigenvalue weighted by molar-refractivity contribution is 6.02. The Morgan fingerprint density at radius 3 is 2.20 bits per heavy atom. The Labute approximate surface area is 118 Å². The number of amides is 3. The summed E-state index contributed by atoms with van der Waals surface area (Å²) in [6.45, 7) is 3.38. The molecule has 3 amide bonds. The van der Waals surface area contributed by atoms with Crippen molar-refractivity contribution in [2.24, 2.45) is 5.92 Å². The van der Waals surface area contributed by atoms with Gasteiger partial charge in [-0.05, 0) is 12.3 Å². The van der Waals surface area contributed by atoms with Gasteiger partial charge in [0.15, 0.2) is 0 Å². The van der Waals surface area contributed by atoms with Crippen molar-refractivity contribution in [3.63, 3.8) is 0 Å². The summed E-state index contributed by atoms with van der Waals surface area (Å²) in [5, 5.41) is 0. The van der Waals surface area contributed by atoms with E-state index < -0.39 is 0 Å². The maximum Gasteiger partial charge on any atom is 0.230 e. The highest BCUT2D eigenvalue weighted by Crippen LogP contribution is 2.25. The molecule has 3 aliphatic rings. The fraction of sp³-hybridized carbons (Fsp3) is 0.786. The number of carbonyl (C=O) groups excluding carboxylic acids is 3. The molecule has 0 aromatic rings. The van der Waals surface area contributed by atoms with Gasteiger partial charge in [-0.15, -0.1) is 0 Å². The van der Waals surface area contributed by atoms with Gasteiger partial charge < -0.3 is 4.90 Å². The van der Waals surface area contributed by atoms with Crippen molar-refractivity contribution in [3.8, 4) is 0 Å². The van der Waals surface area contributed by atoms with Crippen LogP contribution >= 0.6 is 0 Å². The van der Waals surface area contributed by atoms with Gasteiger partial charge >= 0.3 is 0 Å². The number of likely N-dealkylation sites (tertiary alicyclic amines) is 3. The van der Waals surface area contributed by atoms with Gasteiger partial charge in [-0.3, -0.25) is 24.2 Å². The van der Waals surface area contributed by atoms with E-state index in [0.29, 0.717) is 25.2 Å². The van der Waals surface area contributed by atoms with E-state index in [1.165, 1.54) is 4.90 Å². The largest absolute Gasteiger partial charge is 0.345 e. The molecule has 0 spiro atoms. The molecule has 20 heavy (non-hydrogen) atoms. The maximum absolute atomic E-state index is 11.6. The van der Waals surface area contributed by atoms with Crippen molar-refractivity contribution in [3.05, 3.63) is 0 Å². The molecule has 0 aromatic carbocycles. The van der Waals surface area contributed by atoms with Crippen LogP contribution in [0.4, 0.5) is 0 Å². The van der Waals surface area contributed by atoms with Gasteiger partial charge in [0.2, 0.25) is 17.7 Å². The first kappa shape index (κ1) is 13.5. The van der Waals surface area contributed by atoms with Gasteiger partial charge in [-0.2, -0.15) is 0 Å². The first-order valence-electron chi connectivity index (χ1n) is 7.36. The van der Waals surface area contributed by atoms with Crippen LogP contribution in [-0.4, -0.2) is 71.7 Å². The number of imide groups is 1. The molecule has 0 aromatic heterocycles. The van der Waals surface area contributed by atoms with Crippen LogP contribution in [0.1, 0.15) is 25.7 Å². The summed E-state index contributed by atoms with van der Waals surface area (Å²) in [6, 6.07) is 0.0838. The zero-order chi connectivity index (χ0) is 14.3. The number of piperidine rings is 1. The molecular weight excluding hydrogens is 258 g/mol. The molecule has 6 heteroatoms. The predicted octanol–water partition coefficient (Wildman–Crippen LogP) is -0.312. The van der Waals surface area contributed by atoms with Crippen molar-refractivity contribution in [1.82, 2.24) is 14.7 Å². The van der Waals surface area contributed by atoms with Crippen LogP contribution in [0.25, 0.3) is 0 Å². The highest BCUT2D eigenvalue weighted by Gasteiger charge is 2.41. The number of rotatable bonds is 3. The third-order valence-electron chi connectivity index (χ3n) is 4.63. The first-order chi connectivity index (χ1) is 9.54. The second kappa shape index (κ2) is 5.16. The van der Waals surface area contributed by atoms with Gasteiger partial charge in [-0.25, -0.2) is 0 Å². The highest BCUT2D eigenvalue weighted by atomic mass is 16.2. The van der Waals surface area contributed by atoms with E-state index in [1.54, 1.807) is 4.90 Å².